The largest absolute Gasteiger partial charge is 0.493 e. The van der Waals surface area contributed by atoms with Gasteiger partial charge in [-0.1, -0.05) is 31.9 Å². The lowest BCUT2D eigenvalue weighted by Crippen LogP contribution is -2.73. The van der Waals surface area contributed by atoms with Crippen molar-refractivity contribution in [3.05, 3.63) is 21.7 Å². The predicted molar refractivity (Wildman–Crippen MR) is 109 cm³/mol. The Hall–Kier alpha value is -0.340. The van der Waals surface area contributed by atoms with Crippen LogP contribution in [0.15, 0.2) is 10.5 Å². The summed E-state index contributed by atoms with van der Waals surface area (Å²) in [5.74, 6) is 1.32. The van der Waals surface area contributed by atoms with E-state index in [4.69, 9.17) is 18.9 Å². The molecule has 1 saturated heterocycles. The fourth-order valence-corrected chi connectivity index (χ4v) is 7.97. The number of hydrogen-bond acceptors (Lipinski definition) is 5. The lowest BCUT2D eigenvalue weighted by molar-refractivity contribution is -0.286. The summed E-state index contributed by atoms with van der Waals surface area (Å²) in [5.41, 5.74) is 2.56. The van der Waals surface area contributed by atoms with Gasteiger partial charge in [0.2, 0.25) is 5.79 Å². The first kappa shape index (κ1) is 18.7. The van der Waals surface area contributed by atoms with Gasteiger partial charge in [0.1, 0.15) is 0 Å². The van der Waals surface area contributed by atoms with Crippen LogP contribution in [0, 0.1) is 5.92 Å². The highest BCUT2D eigenvalue weighted by Crippen LogP contribution is 2.67. The molecule has 2 bridgehead atoms. The monoisotopic (exact) mass is 501 g/mol. The number of ether oxygens (including phenoxy) is 4. The van der Waals surface area contributed by atoms with Gasteiger partial charge >= 0.3 is 0 Å². The van der Waals surface area contributed by atoms with Crippen molar-refractivity contribution in [1.29, 1.82) is 0 Å². The number of likely N-dealkylation sites (tertiary alicyclic amines) is 1. The maximum absolute atomic E-state index is 6.71. The smallest absolute Gasteiger partial charge is 0.219 e. The van der Waals surface area contributed by atoms with Gasteiger partial charge in [-0.05, 0) is 50.4 Å². The van der Waals surface area contributed by atoms with Crippen LogP contribution in [0.1, 0.15) is 24.0 Å². The molecule has 1 aromatic rings. The second-order valence-corrected chi connectivity index (χ2v) is 10.2. The second-order valence-electron chi connectivity index (χ2n) is 8.22. The quantitative estimate of drug-likeness (QED) is 0.467. The zero-order valence-corrected chi connectivity index (χ0v) is 19.2. The van der Waals surface area contributed by atoms with Gasteiger partial charge in [0.25, 0.3) is 0 Å². The van der Waals surface area contributed by atoms with Crippen molar-refractivity contribution < 1.29 is 18.9 Å². The third-order valence-corrected chi connectivity index (χ3v) is 9.29. The van der Waals surface area contributed by atoms with E-state index >= 15 is 0 Å². The maximum atomic E-state index is 6.71. The Bertz CT molecular complexity index is 799. The summed E-state index contributed by atoms with van der Waals surface area (Å²) < 4.78 is 25.7. The zero-order valence-electron chi connectivity index (χ0n) is 16.1. The molecule has 5 atom stereocenters. The van der Waals surface area contributed by atoms with Crippen LogP contribution >= 0.6 is 31.9 Å². The molecule has 0 N–H and O–H groups in total. The fraction of sp³-hybridized carbons (Fsp3) is 0.700. The number of halogens is 2. The van der Waals surface area contributed by atoms with Crippen molar-refractivity contribution in [3.63, 3.8) is 0 Å². The molecule has 148 valence electrons. The van der Waals surface area contributed by atoms with E-state index in [9.17, 15) is 0 Å². The number of rotatable bonds is 3. The lowest BCUT2D eigenvalue weighted by Gasteiger charge is -2.62. The fourth-order valence-electron chi connectivity index (χ4n) is 6.38. The molecule has 7 heteroatoms. The minimum Gasteiger partial charge on any atom is -0.493 e. The van der Waals surface area contributed by atoms with Gasteiger partial charge in [0.15, 0.2) is 17.6 Å². The Morgan fingerprint density at radius 3 is 2.67 bits per heavy atom. The Morgan fingerprint density at radius 1 is 1.26 bits per heavy atom. The summed E-state index contributed by atoms with van der Waals surface area (Å²) >= 11 is 7.72. The molecule has 1 spiro atoms. The molecule has 0 radical (unpaired) electrons. The van der Waals surface area contributed by atoms with Gasteiger partial charge in [0, 0.05) is 35.7 Å². The van der Waals surface area contributed by atoms with E-state index in [0.29, 0.717) is 12.0 Å². The topological polar surface area (TPSA) is 40.2 Å². The Kier molecular flexibility index (Phi) is 4.21. The Balaban J connectivity index is 1.82. The van der Waals surface area contributed by atoms with Crippen LogP contribution in [0.3, 0.4) is 0 Å². The third kappa shape index (κ3) is 2.05. The highest BCUT2D eigenvalue weighted by Gasteiger charge is 2.72. The average molecular weight is 503 g/mol. The summed E-state index contributed by atoms with van der Waals surface area (Å²) in [6.07, 6.45) is 2.84. The van der Waals surface area contributed by atoms with E-state index < -0.39 is 5.79 Å². The SMILES string of the molecule is COc1cc(Br)c2c3c1O[C@H]1C(OC)(OC)C(Br)C[C@H]4[C@@H](C2)N(C)CC[C@@]341. The van der Waals surface area contributed by atoms with Gasteiger partial charge < -0.3 is 23.8 Å². The van der Waals surface area contributed by atoms with Crippen LogP contribution < -0.4 is 9.47 Å². The van der Waals surface area contributed by atoms with Crippen LogP contribution in [0.2, 0.25) is 0 Å². The predicted octanol–water partition coefficient (Wildman–Crippen LogP) is 3.49. The number of alkyl halides is 1. The molecule has 1 unspecified atom stereocenters. The van der Waals surface area contributed by atoms with E-state index in [-0.39, 0.29) is 16.3 Å². The molecular formula is C20H25Br2NO4. The summed E-state index contributed by atoms with van der Waals surface area (Å²) in [6, 6.07) is 2.53. The van der Waals surface area contributed by atoms with Gasteiger partial charge in [0.05, 0.1) is 11.9 Å². The number of benzene rings is 1. The molecule has 5 nitrogen and oxygen atoms in total. The van der Waals surface area contributed by atoms with E-state index in [0.717, 1.165) is 41.8 Å². The molecular weight excluding hydrogens is 478 g/mol. The first-order chi connectivity index (χ1) is 12.9. The van der Waals surface area contributed by atoms with Crippen LogP contribution in [-0.4, -0.2) is 62.6 Å². The molecule has 1 aromatic carbocycles. The number of hydrogen-bond donors (Lipinski definition) is 0. The third-order valence-electron chi connectivity index (χ3n) is 7.57. The van der Waals surface area contributed by atoms with Crippen LogP contribution in [0.4, 0.5) is 0 Å². The van der Waals surface area contributed by atoms with Crippen molar-refractivity contribution in [2.45, 2.75) is 47.4 Å². The molecule has 27 heavy (non-hydrogen) atoms. The standard InChI is InChI=1S/C20H25Br2NO4/c1-23-6-5-19-11-8-15(22)20(25-3,26-4)18(19)27-17-14(24-2)9-12(21)10(16(17)19)7-13(11)23/h9,11,13,15,18H,5-8H2,1-4H3/t11-,13+,15?,18+,19-/m0/s1. The molecule has 1 saturated carbocycles. The number of methoxy groups -OCH3 is 3. The highest BCUT2D eigenvalue weighted by atomic mass is 79.9. The number of nitrogens with zero attached hydrogens (tertiary/aromatic N) is 1. The van der Waals surface area contributed by atoms with E-state index in [1.54, 1.807) is 21.3 Å². The molecule has 2 aliphatic carbocycles. The first-order valence-electron chi connectivity index (χ1n) is 9.45. The minimum atomic E-state index is -0.831. The van der Waals surface area contributed by atoms with Crippen molar-refractivity contribution >= 4 is 31.9 Å². The maximum Gasteiger partial charge on any atom is 0.219 e. The van der Waals surface area contributed by atoms with Crippen LogP contribution in [0.5, 0.6) is 11.5 Å². The zero-order chi connectivity index (χ0) is 19.1. The second kappa shape index (κ2) is 6.08. The van der Waals surface area contributed by atoms with Gasteiger partial charge in [-0.3, -0.25) is 0 Å². The molecule has 0 aromatic heterocycles. The molecule has 2 fully saturated rings. The van der Waals surface area contributed by atoms with Gasteiger partial charge in [-0.2, -0.15) is 0 Å². The van der Waals surface area contributed by atoms with E-state index in [2.05, 4.69) is 43.8 Å². The first-order valence-corrected chi connectivity index (χ1v) is 11.2. The molecule has 2 aliphatic heterocycles. The number of piperidine rings is 1. The summed E-state index contributed by atoms with van der Waals surface area (Å²) in [5, 5.41) is 0. The van der Waals surface area contributed by atoms with E-state index in [1.807, 2.05) is 6.07 Å². The minimum absolute atomic E-state index is 0.0578. The molecule has 2 heterocycles. The number of likely N-dealkylation sites (N-methyl/N-ethyl adjacent to an activating group) is 1. The summed E-state index contributed by atoms with van der Waals surface area (Å²) in [4.78, 5) is 2.58. The summed E-state index contributed by atoms with van der Waals surface area (Å²) in [6.45, 7) is 1.05. The summed E-state index contributed by atoms with van der Waals surface area (Å²) in [7, 11) is 7.41. The van der Waals surface area contributed by atoms with Crippen molar-refractivity contribution in [2.75, 3.05) is 34.9 Å². The average Bonchev–Trinajstić information content (AvgIpc) is 3.01. The molecule has 0 amide bonds. The normalized spacial score (nSPS) is 38.3. The Labute approximate surface area is 176 Å². The van der Waals surface area contributed by atoms with Crippen LogP contribution in [-0.2, 0) is 21.3 Å². The molecule has 4 aliphatic rings. The van der Waals surface area contributed by atoms with Crippen molar-refractivity contribution in [2.24, 2.45) is 5.92 Å². The Morgan fingerprint density at radius 2 is 2.00 bits per heavy atom. The van der Waals surface area contributed by atoms with Crippen molar-refractivity contribution in [3.8, 4) is 11.5 Å². The van der Waals surface area contributed by atoms with Crippen LogP contribution in [0.25, 0.3) is 0 Å². The van der Waals surface area contributed by atoms with Crippen molar-refractivity contribution in [1.82, 2.24) is 4.90 Å². The lowest BCUT2D eigenvalue weighted by atomic mass is 9.50. The molecule has 5 rings (SSSR count). The van der Waals surface area contributed by atoms with Gasteiger partial charge in [-0.15, -0.1) is 0 Å². The highest BCUT2D eigenvalue weighted by molar-refractivity contribution is 9.10. The van der Waals surface area contributed by atoms with Gasteiger partial charge in [-0.25, -0.2) is 0 Å². The van der Waals surface area contributed by atoms with E-state index in [1.165, 1.54) is 11.1 Å².